The van der Waals surface area contributed by atoms with E-state index in [0.717, 1.165) is 5.69 Å². The molecule has 5 N–H and O–H groups in total. The molecule has 0 bridgehead atoms. The maximum Gasteiger partial charge on any atom is 0.466 e. The Kier molecular flexibility index (Phi) is 6.43. The van der Waals surface area contributed by atoms with Gasteiger partial charge >= 0.3 is 7.82 Å². The van der Waals surface area contributed by atoms with Crippen LogP contribution in [-0.4, -0.2) is 14.7 Å². The average molecular weight is 332 g/mol. The summed E-state index contributed by atoms with van der Waals surface area (Å²) in [5.41, 5.74) is 1.87. The number of hydrogen-bond acceptors (Lipinski definition) is 5. The van der Waals surface area contributed by atoms with Crippen LogP contribution < -0.4 is 10.9 Å². The average Bonchev–Trinajstić information content (AvgIpc) is 2.52. The molecule has 0 aromatic heterocycles. The number of rotatable bonds is 2. The van der Waals surface area contributed by atoms with E-state index in [-0.39, 0.29) is 5.56 Å². The second-order valence-electron chi connectivity index (χ2n) is 4.14. The molecule has 2 rings (SSSR count). The van der Waals surface area contributed by atoms with Crippen molar-refractivity contribution in [3.8, 4) is 12.1 Å². The predicted molar refractivity (Wildman–Crippen MR) is 82.9 cm³/mol. The molecule has 118 valence electrons. The van der Waals surface area contributed by atoms with Crippen LogP contribution in [0.4, 0.5) is 11.4 Å². The van der Waals surface area contributed by atoms with E-state index in [1.165, 1.54) is 5.01 Å². The molecule has 0 heterocycles. The van der Waals surface area contributed by atoms with E-state index in [1.807, 2.05) is 42.5 Å². The van der Waals surface area contributed by atoms with Gasteiger partial charge in [-0.25, -0.2) is 10.4 Å². The maximum atomic E-state index is 9.14. The lowest BCUT2D eigenvalue weighted by Crippen LogP contribution is -2.25. The van der Waals surface area contributed by atoms with Crippen LogP contribution in [-0.2, 0) is 4.57 Å². The highest BCUT2D eigenvalue weighted by Crippen LogP contribution is 2.27. The minimum absolute atomic E-state index is 0.284. The SMILES string of the molecule is N#Cc1cccc(N(N)c2ccccc2)c1C#N.O=P(O)(O)O. The van der Waals surface area contributed by atoms with Crippen molar-refractivity contribution in [2.24, 2.45) is 5.84 Å². The minimum atomic E-state index is -4.64. The fourth-order valence-electron chi connectivity index (χ4n) is 1.68. The lowest BCUT2D eigenvalue weighted by Gasteiger charge is -2.20. The third-order valence-corrected chi connectivity index (χ3v) is 2.57. The Morgan fingerprint density at radius 2 is 1.52 bits per heavy atom. The molecule has 0 amide bonds. The number of nitrogens with zero attached hydrogens (tertiary/aromatic N) is 3. The van der Waals surface area contributed by atoms with Crippen molar-refractivity contribution >= 4 is 19.2 Å². The van der Waals surface area contributed by atoms with Crippen molar-refractivity contribution in [1.29, 1.82) is 10.5 Å². The van der Waals surface area contributed by atoms with Crippen molar-refractivity contribution in [3.63, 3.8) is 0 Å². The van der Waals surface area contributed by atoms with Gasteiger partial charge in [0.25, 0.3) is 0 Å². The summed E-state index contributed by atoms with van der Waals surface area (Å²) in [6.45, 7) is 0. The monoisotopic (exact) mass is 332 g/mol. The van der Waals surface area contributed by atoms with Crippen molar-refractivity contribution < 1.29 is 19.2 Å². The van der Waals surface area contributed by atoms with E-state index in [4.69, 9.17) is 35.6 Å². The van der Waals surface area contributed by atoms with Gasteiger partial charge in [-0.3, -0.25) is 5.01 Å². The van der Waals surface area contributed by atoms with Crippen LogP contribution in [0.25, 0.3) is 0 Å². The molecule has 0 radical (unpaired) electrons. The molecule has 23 heavy (non-hydrogen) atoms. The van der Waals surface area contributed by atoms with Crippen LogP contribution in [0.1, 0.15) is 11.1 Å². The van der Waals surface area contributed by atoms with Gasteiger partial charge in [-0.15, -0.1) is 0 Å². The second kappa shape index (κ2) is 8.06. The van der Waals surface area contributed by atoms with Crippen molar-refractivity contribution in [2.45, 2.75) is 0 Å². The lowest BCUT2D eigenvalue weighted by molar-refractivity contribution is 0.275. The number of para-hydroxylation sites is 1. The molecule has 0 aliphatic rings. The van der Waals surface area contributed by atoms with Crippen LogP contribution in [0.15, 0.2) is 48.5 Å². The normalized spacial score (nSPS) is 9.83. The van der Waals surface area contributed by atoms with Crippen molar-refractivity contribution in [1.82, 2.24) is 0 Å². The first-order valence-corrected chi connectivity index (χ1v) is 7.66. The second-order valence-corrected chi connectivity index (χ2v) is 5.17. The zero-order valence-electron chi connectivity index (χ0n) is 11.7. The van der Waals surface area contributed by atoms with Gasteiger partial charge in [-0.1, -0.05) is 24.3 Å². The van der Waals surface area contributed by atoms with Gasteiger partial charge in [0, 0.05) is 0 Å². The van der Waals surface area contributed by atoms with E-state index in [1.54, 1.807) is 18.2 Å². The van der Waals surface area contributed by atoms with Crippen LogP contribution in [0.3, 0.4) is 0 Å². The fraction of sp³-hybridized carbons (Fsp3) is 0. The van der Waals surface area contributed by atoms with Crippen molar-refractivity contribution in [2.75, 3.05) is 5.01 Å². The number of anilines is 2. The maximum absolute atomic E-state index is 9.14. The van der Waals surface area contributed by atoms with E-state index in [0.29, 0.717) is 11.3 Å². The molecule has 0 aliphatic carbocycles. The molecule has 0 atom stereocenters. The molecule has 9 heteroatoms. The number of nitriles is 2. The third kappa shape index (κ3) is 5.89. The van der Waals surface area contributed by atoms with Crippen molar-refractivity contribution in [3.05, 3.63) is 59.7 Å². The topological polar surface area (TPSA) is 155 Å². The molecule has 8 nitrogen and oxygen atoms in total. The Labute approximate surface area is 132 Å². The summed E-state index contributed by atoms with van der Waals surface area (Å²) in [7, 11) is -4.64. The van der Waals surface area contributed by atoms with E-state index < -0.39 is 7.82 Å². The van der Waals surface area contributed by atoms with Gasteiger partial charge in [0.05, 0.1) is 22.5 Å². The Balaban J connectivity index is 0.000000463. The van der Waals surface area contributed by atoms with Gasteiger partial charge in [-0.05, 0) is 24.3 Å². The molecule has 0 saturated heterocycles. The molecule has 0 saturated carbocycles. The number of benzene rings is 2. The molecule has 0 fully saturated rings. The number of hydrazine groups is 1. The molecule has 2 aromatic carbocycles. The Bertz CT molecular complexity index is 784. The first kappa shape index (κ1) is 18.3. The number of hydrogen-bond donors (Lipinski definition) is 4. The molecule has 0 spiro atoms. The lowest BCUT2D eigenvalue weighted by atomic mass is 10.1. The Hall–Kier alpha value is -2.71. The minimum Gasteiger partial charge on any atom is -0.303 e. The van der Waals surface area contributed by atoms with Gasteiger partial charge in [0.2, 0.25) is 0 Å². The standard InChI is InChI=1S/C14H10N4.H3O4P/c15-9-11-5-4-8-14(13(11)10-16)18(17)12-6-2-1-3-7-12;1-5(2,3)4/h1-8H,17H2;(H3,1,2,3,4). The summed E-state index contributed by atoms with van der Waals surface area (Å²) >= 11 is 0. The van der Waals surface area contributed by atoms with Crippen LogP contribution in [0.2, 0.25) is 0 Å². The molecule has 0 aliphatic heterocycles. The predicted octanol–water partition coefficient (Wildman–Crippen LogP) is 1.51. The number of nitrogens with two attached hydrogens (primary N) is 1. The summed E-state index contributed by atoms with van der Waals surface area (Å²) in [6.07, 6.45) is 0. The molecular weight excluding hydrogens is 319 g/mol. The Morgan fingerprint density at radius 1 is 0.957 bits per heavy atom. The fourth-order valence-corrected chi connectivity index (χ4v) is 1.68. The third-order valence-electron chi connectivity index (χ3n) is 2.57. The van der Waals surface area contributed by atoms with Crippen LogP contribution >= 0.6 is 7.82 Å². The van der Waals surface area contributed by atoms with Gasteiger partial charge in [0.15, 0.2) is 0 Å². The highest BCUT2D eigenvalue weighted by Gasteiger charge is 2.13. The highest BCUT2D eigenvalue weighted by atomic mass is 31.2. The van der Waals surface area contributed by atoms with E-state index in [9.17, 15) is 0 Å². The molecule has 0 unspecified atom stereocenters. The first-order chi connectivity index (χ1) is 10.8. The summed E-state index contributed by atoms with van der Waals surface area (Å²) in [6, 6.07) is 18.3. The summed E-state index contributed by atoms with van der Waals surface area (Å²) in [5.74, 6) is 5.99. The van der Waals surface area contributed by atoms with Crippen LogP contribution in [0, 0.1) is 22.7 Å². The largest absolute Gasteiger partial charge is 0.466 e. The Morgan fingerprint density at radius 3 is 2.00 bits per heavy atom. The highest BCUT2D eigenvalue weighted by molar-refractivity contribution is 7.45. The zero-order chi connectivity index (χ0) is 17.5. The zero-order valence-corrected chi connectivity index (χ0v) is 12.6. The quantitative estimate of drug-likeness (QED) is 0.366. The molecular formula is C14H13N4O4P. The summed E-state index contributed by atoms with van der Waals surface area (Å²) in [4.78, 5) is 21.6. The number of phosphoric acid groups is 1. The van der Waals surface area contributed by atoms with Gasteiger partial charge in [-0.2, -0.15) is 10.5 Å². The smallest absolute Gasteiger partial charge is 0.303 e. The molecule has 2 aromatic rings. The van der Waals surface area contributed by atoms with E-state index >= 15 is 0 Å². The first-order valence-electron chi connectivity index (χ1n) is 6.09. The summed E-state index contributed by atoms with van der Waals surface area (Å²) < 4.78 is 8.88. The van der Waals surface area contributed by atoms with E-state index in [2.05, 4.69) is 0 Å². The van der Waals surface area contributed by atoms with Gasteiger partial charge < -0.3 is 14.7 Å². The summed E-state index contributed by atoms with van der Waals surface area (Å²) in [5, 5.41) is 19.5. The van der Waals surface area contributed by atoms with Crippen LogP contribution in [0.5, 0.6) is 0 Å². The van der Waals surface area contributed by atoms with Gasteiger partial charge in [0.1, 0.15) is 12.1 Å².